The molecule has 0 saturated heterocycles. The molecule has 0 saturated carbocycles. The number of hydrogen-bond donors (Lipinski definition) is 0. The Morgan fingerprint density at radius 1 is 1.20 bits per heavy atom. The fourth-order valence-corrected chi connectivity index (χ4v) is 2.16. The standard InChI is InChI=1S/C15H15ClN2O2/c1-20-14(19)9-12-13(17-10-18-15(12)16)8-7-11-5-3-2-4-6-11/h2-6,10H,7-9H2,1H3. The van der Waals surface area contributed by atoms with E-state index in [4.69, 9.17) is 11.6 Å². The third-order valence-electron chi connectivity index (χ3n) is 3.02. The molecule has 0 radical (unpaired) electrons. The summed E-state index contributed by atoms with van der Waals surface area (Å²) in [6.45, 7) is 0. The zero-order chi connectivity index (χ0) is 14.4. The normalized spacial score (nSPS) is 10.3. The van der Waals surface area contributed by atoms with E-state index in [-0.39, 0.29) is 12.4 Å². The van der Waals surface area contributed by atoms with E-state index in [1.165, 1.54) is 19.0 Å². The van der Waals surface area contributed by atoms with Crippen molar-refractivity contribution in [2.75, 3.05) is 7.11 Å². The lowest BCUT2D eigenvalue weighted by Gasteiger charge is -2.09. The minimum absolute atomic E-state index is 0.0975. The van der Waals surface area contributed by atoms with Gasteiger partial charge in [-0.05, 0) is 18.4 Å². The summed E-state index contributed by atoms with van der Waals surface area (Å²) in [5, 5.41) is 0.313. The number of methoxy groups -OCH3 is 1. The van der Waals surface area contributed by atoms with E-state index in [0.717, 1.165) is 12.1 Å². The van der Waals surface area contributed by atoms with Gasteiger partial charge in [-0.1, -0.05) is 41.9 Å². The number of halogens is 1. The van der Waals surface area contributed by atoms with E-state index in [9.17, 15) is 4.79 Å². The van der Waals surface area contributed by atoms with Crippen LogP contribution in [0.15, 0.2) is 36.7 Å². The molecular weight excluding hydrogens is 276 g/mol. The molecule has 104 valence electrons. The monoisotopic (exact) mass is 290 g/mol. The number of rotatable bonds is 5. The average Bonchev–Trinajstić information content (AvgIpc) is 2.48. The van der Waals surface area contributed by atoms with Gasteiger partial charge < -0.3 is 4.74 Å². The van der Waals surface area contributed by atoms with Gasteiger partial charge in [-0.2, -0.15) is 0 Å². The maximum absolute atomic E-state index is 11.4. The lowest BCUT2D eigenvalue weighted by molar-refractivity contribution is -0.139. The highest BCUT2D eigenvalue weighted by Gasteiger charge is 2.14. The Morgan fingerprint density at radius 2 is 1.95 bits per heavy atom. The third kappa shape index (κ3) is 3.78. The Hall–Kier alpha value is -1.94. The maximum Gasteiger partial charge on any atom is 0.310 e. The summed E-state index contributed by atoms with van der Waals surface area (Å²) < 4.78 is 4.67. The fraction of sp³-hybridized carbons (Fsp3) is 0.267. The van der Waals surface area contributed by atoms with Gasteiger partial charge in [-0.25, -0.2) is 9.97 Å². The Labute approximate surface area is 122 Å². The van der Waals surface area contributed by atoms with Crippen molar-refractivity contribution in [3.63, 3.8) is 0 Å². The lowest BCUT2D eigenvalue weighted by Crippen LogP contribution is -2.10. The number of carbonyl (C=O) groups is 1. The molecular formula is C15H15ClN2O2. The first-order valence-corrected chi connectivity index (χ1v) is 6.67. The second-order valence-corrected chi connectivity index (χ2v) is 4.69. The number of carbonyl (C=O) groups excluding carboxylic acids is 1. The molecule has 0 atom stereocenters. The van der Waals surface area contributed by atoms with Gasteiger partial charge in [0.25, 0.3) is 0 Å². The van der Waals surface area contributed by atoms with Crippen molar-refractivity contribution in [3.8, 4) is 0 Å². The zero-order valence-electron chi connectivity index (χ0n) is 11.2. The van der Waals surface area contributed by atoms with Crippen LogP contribution in [0.2, 0.25) is 5.15 Å². The molecule has 0 spiro atoms. The minimum atomic E-state index is -0.345. The number of esters is 1. The molecule has 1 aromatic heterocycles. The largest absolute Gasteiger partial charge is 0.469 e. The molecule has 0 aliphatic heterocycles. The maximum atomic E-state index is 11.4. The number of aromatic nitrogens is 2. The molecule has 0 fully saturated rings. The van der Waals surface area contributed by atoms with Gasteiger partial charge >= 0.3 is 5.97 Å². The second-order valence-electron chi connectivity index (χ2n) is 4.33. The molecule has 1 aromatic carbocycles. The van der Waals surface area contributed by atoms with Gasteiger partial charge in [-0.3, -0.25) is 4.79 Å². The highest BCUT2D eigenvalue weighted by atomic mass is 35.5. The Kier molecular flexibility index (Phi) is 5.07. The van der Waals surface area contributed by atoms with Crippen LogP contribution in [-0.2, 0) is 28.8 Å². The Balaban J connectivity index is 2.14. The predicted molar refractivity (Wildman–Crippen MR) is 76.6 cm³/mol. The number of ether oxygens (including phenoxy) is 1. The third-order valence-corrected chi connectivity index (χ3v) is 3.35. The van der Waals surface area contributed by atoms with Crippen molar-refractivity contribution in [3.05, 3.63) is 58.6 Å². The number of aryl methyl sites for hydroxylation is 2. The first kappa shape index (κ1) is 14.5. The van der Waals surface area contributed by atoms with Crippen LogP contribution >= 0.6 is 11.6 Å². The van der Waals surface area contributed by atoms with Gasteiger partial charge in [0, 0.05) is 11.3 Å². The molecule has 0 bridgehead atoms. The molecule has 2 rings (SSSR count). The summed E-state index contributed by atoms with van der Waals surface area (Å²) in [6.07, 6.45) is 3.06. The van der Waals surface area contributed by atoms with Gasteiger partial charge in [0.05, 0.1) is 13.5 Å². The average molecular weight is 291 g/mol. The van der Waals surface area contributed by atoms with E-state index in [0.29, 0.717) is 17.1 Å². The molecule has 2 aromatic rings. The van der Waals surface area contributed by atoms with Crippen molar-refractivity contribution in [2.45, 2.75) is 19.3 Å². The summed E-state index contributed by atoms with van der Waals surface area (Å²) in [5.74, 6) is -0.345. The molecule has 0 aliphatic rings. The molecule has 4 nitrogen and oxygen atoms in total. The fourth-order valence-electron chi connectivity index (χ4n) is 1.94. The summed E-state index contributed by atoms with van der Waals surface area (Å²) in [7, 11) is 1.35. The smallest absolute Gasteiger partial charge is 0.310 e. The van der Waals surface area contributed by atoms with E-state index in [2.05, 4.69) is 26.8 Å². The van der Waals surface area contributed by atoms with Crippen LogP contribution in [0.25, 0.3) is 0 Å². The molecule has 1 heterocycles. The highest BCUT2D eigenvalue weighted by Crippen LogP contribution is 2.18. The van der Waals surface area contributed by atoms with Gasteiger partial charge in [0.1, 0.15) is 11.5 Å². The first-order valence-electron chi connectivity index (χ1n) is 6.29. The topological polar surface area (TPSA) is 52.1 Å². The summed E-state index contributed by atoms with van der Waals surface area (Å²) in [4.78, 5) is 19.6. The van der Waals surface area contributed by atoms with E-state index in [1.807, 2.05) is 18.2 Å². The Morgan fingerprint density at radius 3 is 2.65 bits per heavy atom. The van der Waals surface area contributed by atoms with Crippen LogP contribution in [0.3, 0.4) is 0 Å². The van der Waals surface area contributed by atoms with Crippen LogP contribution in [-0.4, -0.2) is 23.0 Å². The van der Waals surface area contributed by atoms with Crippen molar-refractivity contribution in [1.29, 1.82) is 0 Å². The quantitative estimate of drug-likeness (QED) is 0.627. The number of hydrogen-bond acceptors (Lipinski definition) is 4. The molecule has 20 heavy (non-hydrogen) atoms. The number of benzene rings is 1. The molecule has 0 aliphatic carbocycles. The summed E-state index contributed by atoms with van der Waals surface area (Å²) in [6, 6.07) is 10.1. The van der Waals surface area contributed by atoms with E-state index in [1.54, 1.807) is 0 Å². The highest BCUT2D eigenvalue weighted by molar-refractivity contribution is 6.30. The van der Waals surface area contributed by atoms with E-state index >= 15 is 0 Å². The van der Waals surface area contributed by atoms with Crippen LogP contribution in [0, 0.1) is 0 Å². The van der Waals surface area contributed by atoms with Crippen LogP contribution in [0.5, 0.6) is 0 Å². The Bertz CT molecular complexity index is 588. The van der Waals surface area contributed by atoms with Crippen LogP contribution < -0.4 is 0 Å². The minimum Gasteiger partial charge on any atom is -0.469 e. The van der Waals surface area contributed by atoms with Crippen LogP contribution in [0.1, 0.15) is 16.8 Å². The van der Waals surface area contributed by atoms with Gasteiger partial charge in [0.15, 0.2) is 0 Å². The molecule has 0 amide bonds. The lowest BCUT2D eigenvalue weighted by atomic mass is 10.0. The first-order chi connectivity index (χ1) is 9.70. The number of nitrogens with zero attached hydrogens (tertiary/aromatic N) is 2. The molecule has 5 heteroatoms. The molecule has 0 unspecified atom stereocenters. The zero-order valence-corrected chi connectivity index (χ0v) is 11.9. The summed E-state index contributed by atoms with van der Waals surface area (Å²) >= 11 is 6.05. The predicted octanol–water partition coefficient (Wildman–Crippen LogP) is 2.63. The SMILES string of the molecule is COC(=O)Cc1c(Cl)ncnc1CCc1ccccc1. The van der Waals surface area contributed by atoms with Gasteiger partial charge in [-0.15, -0.1) is 0 Å². The van der Waals surface area contributed by atoms with Crippen molar-refractivity contribution < 1.29 is 9.53 Å². The van der Waals surface area contributed by atoms with Crippen LogP contribution in [0.4, 0.5) is 0 Å². The van der Waals surface area contributed by atoms with Crippen molar-refractivity contribution in [1.82, 2.24) is 9.97 Å². The van der Waals surface area contributed by atoms with Gasteiger partial charge in [0.2, 0.25) is 0 Å². The molecule has 0 N–H and O–H groups in total. The van der Waals surface area contributed by atoms with Crippen molar-refractivity contribution in [2.24, 2.45) is 0 Å². The summed E-state index contributed by atoms with van der Waals surface area (Å²) in [5.41, 5.74) is 2.66. The van der Waals surface area contributed by atoms with Crippen molar-refractivity contribution >= 4 is 17.6 Å². The van der Waals surface area contributed by atoms with E-state index < -0.39 is 0 Å². The second kappa shape index (κ2) is 7.01.